The Morgan fingerprint density at radius 2 is 1.90 bits per heavy atom. The SMILES string of the molecule is Cc1ccc2nc(CCl)n(C(C)c3ccncc3)c2n1. The summed E-state index contributed by atoms with van der Waals surface area (Å²) in [6.45, 7) is 4.10. The van der Waals surface area contributed by atoms with Crippen LogP contribution < -0.4 is 0 Å². The standard InChI is InChI=1S/C15H15ClN4/c1-10-3-4-13-15(18-10)20(14(9-16)19-13)11(2)12-5-7-17-8-6-12/h3-8,11H,9H2,1-2H3. The van der Waals surface area contributed by atoms with E-state index in [1.54, 1.807) is 12.4 Å². The predicted molar refractivity (Wildman–Crippen MR) is 79.9 cm³/mol. The minimum absolute atomic E-state index is 0.117. The quantitative estimate of drug-likeness (QED) is 0.692. The minimum atomic E-state index is 0.117. The highest BCUT2D eigenvalue weighted by atomic mass is 35.5. The smallest absolute Gasteiger partial charge is 0.160 e. The van der Waals surface area contributed by atoms with Crippen molar-refractivity contribution in [2.75, 3.05) is 0 Å². The van der Waals surface area contributed by atoms with Crippen LogP contribution in [0.1, 0.15) is 30.0 Å². The van der Waals surface area contributed by atoms with Crippen LogP contribution in [-0.4, -0.2) is 19.5 Å². The number of aromatic nitrogens is 4. The molecule has 102 valence electrons. The first-order valence-corrected chi connectivity index (χ1v) is 7.04. The van der Waals surface area contributed by atoms with Crippen molar-refractivity contribution in [1.82, 2.24) is 19.5 Å². The fraction of sp³-hybridized carbons (Fsp3) is 0.267. The largest absolute Gasteiger partial charge is 0.304 e. The van der Waals surface area contributed by atoms with Gasteiger partial charge in [0.25, 0.3) is 0 Å². The summed E-state index contributed by atoms with van der Waals surface area (Å²) in [6.07, 6.45) is 3.59. The van der Waals surface area contributed by atoms with Gasteiger partial charge in [0.15, 0.2) is 5.65 Å². The van der Waals surface area contributed by atoms with Crippen molar-refractivity contribution >= 4 is 22.8 Å². The van der Waals surface area contributed by atoms with Crippen LogP contribution in [0.3, 0.4) is 0 Å². The molecule has 0 aliphatic carbocycles. The molecule has 20 heavy (non-hydrogen) atoms. The van der Waals surface area contributed by atoms with Gasteiger partial charge >= 0.3 is 0 Å². The van der Waals surface area contributed by atoms with E-state index in [1.807, 2.05) is 31.2 Å². The van der Waals surface area contributed by atoms with Crippen LogP contribution in [0.15, 0.2) is 36.7 Å². The van der Waals surface area contributed by atoms with E-state index in [0.29, 0.717) is 5.88 Å². The van der Waals surface area contributed by atoms with Crippen molar-refractivity contribution in [1.29, 1.82) is 0 Å². The molecule has 0 aliphatic heterocycles. The van der Waals surface area contributed by atoms with E-state index in [-0.39, 0.29) is 6.04 Å². The Balaban J connectivity index is 2.21. The van der Waals surface area contributed by atoms with Crippen LogP contribution in [0.25, 0.3) is 11.2 Å². The van der Waals surface area contributed by atoms with Gasteiger partial charge < -0.3 is 4.57 Å². The third kappa shape index (κ3) is 2.16. The number of alkyl halides is 1. The van der Waals surface area contributed by atoms with Gasteiger partial charge in [0, 0.05) is 18.1 Å². The van der Waals surface area contributed by atoms with Gasteiger partial charge in [-0.2, -0.15) is 0 Å². The van der Waals surface area contributed by atoms with E-state index in [2.05, 4.69) is 26.4 Å². The molecule has 0 fully saturated rings. The van der Waals surface area contributed by atoms with Gasteiger partial charge in [-0.1, -0.05) is 0 Å². The molecule has 0 bridgehead atoms. The molecule has 0 saturated heterocycles. The Hall–Kier alpha value is -1.94. The van der Waals surface area contributed by atoms with Crippen molar-refractivity contribution in [3.63, 3.8) is 0 Å². The van der Waals surface area contributed by atoms with Gasteiger partial charge in [-0.05, 0) is 43.7 Å². The molecule has 0 N–H and O–H groups in total. The molecule has 1 atom stereocenters. The molecule has 3 rings (SSSR count). The fourth-order valence-corrected chi connectivity index (χ4v) is 2.60. The van der Waals surface area contributed by atoms with E-state index < -0.39 is 0 Å². The molecular weight excluding hydrogens is 272 g/mol. The summed E-state index contributed by atoms with van der Waals surface area (Å²) in [5, 5.41) is 0. The summed E-state index contributed by atoms with van der Waals surface area (Å²) in [5.41, 5.74) is 3.90. The number of hydrogen-bond acceptors (Lipinski definition) is 3. The fourth-order valence-electron chi connectivity index (χ4n) is 2.41. The highest BCUT2D eigenvalue weighted by Crippen LogP contribution is 2.25. The Kier molecular flexibility index (Phi) is 3.40. The summed E-state index contributed by atoms with van der Waals surface area (Å²) >= 11 is 6.05. The molecule has 3 aromatic rings. The molecule has 3 aromatic heterocycles. The normalized spacial score (nSPS) is 12.8. The van der Waals surface area contributed by atoms with Gasteiger partial charge in [-0.15, -0.1) is 11.6 Å². The second kappa shape index (κ2) is 5.21. The predicted octanol–water partition coefficient (Wildman–Crippen LogP) is 3.48. The molecule has 0 aliphatic rings. The summed E-state index contributed by atoms with van der Waals surface area (Å²) in [5.74, 6) is 1.20. The average Bonchev–Trinajstić information content (AvgIpc) is 2.85. The lowest BCUT2D eigenvalue weighted by atomic mass is 10.1. The van der Waals surface area contributed by atoms with E-state index in [0.717, 1.165) is 28.2 Å². The van der Waals surface area contributed by atoms with Crippen LogP contribution in [0, 0.1) is 6.92 Å². The minimum Gasteiger partial charge on any atom is -0.304 e. The number of rotatable bonds is 3. The maximum absolute atomic E-state index is 6.05. The first kappa shape index (κ1) is 13.1. The number of hydrogen-bond donors (Lipinski definition) is 0. The summed E-state index contributed by atoms with van der Waals surface area (Å²) in [7, 11) is 0. The molecular formula is C15H15ClN4. The third-order valence-electron chi connectivity index (χ3n) is 3.44. The van der Waals surface area contributed by atoms with Crippen LogP contribution in [-0.2, 0) is 5.88 Å². The maximum atomic E-state index is 6.05. The lowest BCUT2D eigenvalue weighted by Gasteiger charge is -2.16. The lowest BCUT2D eigenvalue weighted by Crippen LogP contribution is -2.10. The number of aryl methyl sites for hydroxylation is 1. The Morgan fingerprint density at radius 1 is 1.15 bits per heavy atom. The van der Waals surface area contributed by atoms with Crippen molar-refractivity contribution in [3.8, 4) is 0 Å². The highest BCUT2D eigenvalue weighted by molar-refractivity contribution is 6.16. The topological polar surface area (TPSA) is 43.6 Å². The molecule has 4 nitrogen and oxygen atoms in total. The zero-order valence-corrected chi connectivity index (χ0v) is 12.2. The molecule has 0 aromatic carbocycles. The van der Waals surface area contributed by atoms with Crippen molar-refractivity contribution in [2.45, 2.75) is 25.8 Å². The van der Waals surface area contributed by atoms with Gasteiger partial charge in [0.05, 0.1) is 11.9 Å². The van der Waals surface area contributed by atoms with E-state index in [1.165, 1.54) is 0 Å². The number of fused-ring (bicyclic) bond motifs is 1. The van der Waals surface area contributed by atoms with E-state index >= 15 is 0 Å². The van der Waals surface area contributed by atoms with Crippen LogP contribution >= 0.6 is 11.6 Å². The van der Waals surface area contributed by atoms with Crippen LogP contribution in [0.4, 0.5) is 0 Å². The van der Waals surface area contributed by atoms with Crippen molar-refractivity contribution < 1.29 is 0 Å². The Bertz CT molecular complexity index is 736. The molecule has 3 heterocycles. The molecule has 1 unspecified atom stereocenters. The van der Waals surface area contributed by atoms with E-state index in [4.69, 9.17) is 11.6 Å². The van der Waals surface area contributed by atoms with Gasteiger partial charge in [-0.3, -0.25) is 4.98 Å². The molecule has 5 heteroatoms. The number of pyridine rings is 2. The van der Waals surface area contributed by atoms with Crippen LogP contribution in [0.5, 0.6) is 0 Å². The molecule has 0 spiro atoms. The Morgan fingerprint density at radius 3 is 2.60 bits per heavy atom. The van der Waals surface area contributed by atoms with Gasteiger partial charge in [0.1, 0.15) is 11.3 Å². The van der Waals surface area contributed by atoms with Crippen molar-refractivity contribution in [3.05, 3.63) is 53.7 Å². The maximum Gasteiger partial charge on any atom is 0.160 e. The Labute approximate surface area is 122 Å². The molecule has 0 radical (unpaired) electrons. The number of halogens is 1. The summed E-state index contributed by atoms with van der Waals surface area (Å²) in [4.78, 5) is 13.3. The number of imidazole rings is 1. The zero-order chi connectivity index (χ0) is 14.1. The van der Waals surface area contributed by atoms with E-state index in [9.17, 15) is 0 Å². The third-order valence-corrected chi connectivity index (χ3v) is 3.68. The lowest BCUT2D eigenvalue weighted by molar-refractivity contribution is 0.627. The number of nitrogens with zero attached hydrogens (tertiary/aromatic N) is 4. The monoisotopic (exact) mass is 286 g/mol. The summed E-state index contributed by atoms with van der Waals surface area (Å²) in [6, 6.07) is 8.08. The average molecular weight is 287 g/mol. The second-order valence-corrected chi connectivity index (χ2v) is 5.05. The van der Waals surface area contributed by atoms with Crippen LogP contribution in [0.2, 0.25) is 0 Å². The van der Waals surface area contributed by atoms with Crippen molar-refractivity contribution in [2.24, 2.45) is 0 Å². The molecule has 0 amide bonds. The second-order valence-electron chi connectivity index (χ2n) is 4.78. The van der Waals surface area contributed by atoms with Gasteiger partial charge in [-0.25, -0.2) is 9.97 Å². The zero-order valence-electron chi connectivity index (χ0n) is 11.4. The first-order chi connectivity index (χ1) is 9.70. The first-order valence-electron chi connectivity index (χ1n) is 6.51. The highest BCUT2D eigenvalue weighted by Gasteiger charge is 2.17. The van der Waals surface area contributed by atoms with Gasteiger partial charge in [0.2, 0.25) is 0 Å². The summed E-state index contributed by atoms with van der Waals surface area (Å²) < 4.78 is 2.10. The molecule has 0 saturated carbocycles.